The Hall–Kier alpha value is -1.44. The maximum atomic E-state index is 4.46. The minimum absolute atomic E-state index is 0.495. The summed E-state index contributed by atoms with van der Waals surface area (Å²) in [5.74, 6) is 0.495. The van der Waals surface area contributed by atoms with Crippen molar-refractivity contribution in [2.75, 3.05) is 0 Å². The molecule has 2 aromatic rings. The van der Waals surface area contributed by atoms with Crippen LogP contribution in [-0.4, -0.2) is 9.97 Å². The van der Waals surface area contributed by atoms with Crippen molar-refractivity contribution in [3.05, 3.63) is 35.7 Å². The Bertz CT molecular complexity index is 461. The molecule has 0 aromatic carbocycles. The highest BCUT2D eigenvalue weighted by molar-refractivity contribution is 5.78. The Balaban J connectivity index is 2.80. The van der Waals surface area contributed by atoms with Gasteiger partial charge >= 0.3 is 0 Å². The first-order valence-corrected chi connectivity index (χ1v) is 4.91. The molecule has 0 saturated carbocycles. The van der Waals surface area contributed by atoms with E-state index in [9.17, 15) is 0 Å². The molecule has 2 nitrogen and oxygen atoms in total. The lowest BCUT2D eigenvalue weighted by Crippen LogP contribution is -1.95. The highest BCUT2D eigenvalue weighted by atomic mass is 14.8. The molecule has 72 valence electrons. The third-order valence-corrected chi connectivity index (χ3v) is 2.34. The second-order valence-corrected chi connectivity index (χ2v) is 3.88. The topological polar surface area (TPSA) is 25.8 Å². The van der Waals surface area contributed by atoms with Crippen molar-refractivity contribution in [3.8, 4) is 0 Å². The number of fused-ring (bicyclic) bond motifs is 1. The number of aryl methyl sites for hydroxylation is 1. The smallest absolute Gasteiger partial charge is 0.0921 e. The number of hydrogen-bond acceptors (Lipinski definition) is 2. The van der Waals surface area contributed by atoms with Crippen molar-refractivity contribution < 1.29 is 0 Å². The average Bonchev–Trinajstić information content (AvgIpc) is 2.16. The summed E-state index contributed by atoms with van der Waals surface area (Å²) in [5.41, 5.74) is 4.38. The Morgan fingerprint density at radius 1 is 1.29 bits per heavy atom. The van der Waals surface area contributed by atoms with Crippen molar-refractivity contribution in [2.45, 2.75) is 26.7 Å². The standard InChI is InChI=1S/C12H14N2/c1-8(2)10-7-9(3)14-11-5-4-6-13-12(10)11/h4-8H,1-3H3. The molecular formula is C12H14N2. The molecule has 0 bridgehead atoms. The highest BCUT2D eigenvalue weighted by Gasteiger charge is 2.07. The molecule has 0 atom stereocenters. The van der Waals surface area contributed by atoms with Crippen LogP contribution in [0.15, 0.2) is 24.4 Å². The molecule has 0 aliphatic heterocycles. The highest BCUT2D eigenvalue weighted by Crippen LogP contribution is 2.22. The number of nitrogens with zero attached hydrogens (tertiary/aromatic N) is 2. The van der Waals surface area contributed by atoms with Crippen molar-refractivity contribution in [3.63, 3.8) is 0 Å². The molecule has 2 heteroatoms. The van der Waals surface area contributed by atoms with Gasteiger partial charge in [0.2, 0.25) is 0 Å². The van der Waals surface area contributed by atoms with Gasteiger partial charge in [-0.2, -0.15) is 0 Å². The average molecular weight is 186 g/mol. The fourth-order valence-electron chi connectivity index (χ4n) is 1.67. The van der Waals surface area contributed by atoms with Gasteiger partial charge in [0, 0.05) is 11.9 Å². The summed E-state index contributed by atoms with van der Waals surface area (Å²) in [5, 5.41) is 0. The summed E-state index contributed by atoms with van der Waals surface area (Å²) in [6, 6.07) is 6.07. The van der Waals surface area contributed by atoms with Crippen LogP contribution in [0, 0.1) is 6.92 Å². The lowest BCUT2D eigenvalue weighted by Gasteiger charge is -2.09. The summed E-state index contributed by atoms with van der Waals surface area (Å²) >= 11 is 0. The van der Waals surface area contributed by atoms with Gasteiger partial charge in [-0.15, -0.1) is 0 Å². The number of pyridine rings is 2. The fraction of sp³-hybridized carbons (Fsp3) is 0.333. The van der Waals surface area contributed by atoms with E-state index in [1.165, 1.54) is 5.56 Å². The summed E-state index contributed by atoms with van der Waals surface area (Å²) < 4.78 is 0. The normalized spacial score (nSPS) is 11.1. The molecule has 0 N–H and O–H groups in total. The first-order chi connectivity index (χ1) is 6.68. The molecule has 2 heterocycles. The second-order valence-electron chi connectivity index (χ2n) is 3.88. The van der Waals surface area contributed by atoms with Crippen molar-refractivity contribution in [2.24, 2.45) is 0 Å². The van der Waals surface area contributed by atoms with E-state index in [0.717, 1.165) is 16.7 Å². The van der Waals surface area contributed by atoms with Gasteiger partial charge in [-0.3, -0.25) is 9.97 Å². The lowest BCUT2D eigenvalue weighted by molar-refractivity contribution is 0.867. The third-order valence-electron chi connectivity index (χ3n) is 2.34. The van der Waals surface area contributed by atoms with Gasteiger partial charge in [0.15, 0.2) is 0 Å². The maximum absolute atomic E-state index is 4.46. The van der Waals surface area contributed by atoms with E-state index in [1.54, 1.807) is 0 Å². The van der Waals surface area contributed by atoms with E-state index in [0.29, 0.717) is 5.92 Å². The Labute approximate surface area is 84.0 Å². The summed E-state index contributed by atoms with van der Waals surface area (Å²) in [7, 11) is 0. The van der Waals surface area contributed by atoms with Gasteiger partial charge in [-0.1, -0.05) is 13.8 Å². The molecule has 0 aliphatic rings. The van der Waals surface area contributed by atoms with Gasteiger partial charge in [0.1, 0.15) is 0 Å². The molecule has 0 spiro atoms. The minimum atomic E-state index is 0.495. The molecule has 0 aliphatic carbocycles. The molecule has 0 fully saturated rings. The van der Waals surface area contributed by atoms with E-state index in [-0.39, 0.29) is 0 Å². The van der Waals surface area contributed by atoms with Gasteiger partial charge in [0.25, 0.3) is 0 Å². The van der Waals surface area contributed by atoms with Crippen LogP contribution < -0.4 is 0 Å². The second kappa shape index (κ2) is 3.37. The van der Waals surface area contributed by atoms with Crippen LogP contribution in [0.3, 0.4) is 0 Å². The van der Waals surface area contributed by atoms with Gasteiger partial charge in [-0.25, -0.2) is 0 Å². The third kappa shape index (κ3) is 1.48. The number of hydrogen-bond donors (Lipinski definition) is 0. The van der Waals surface area contributed by atoms with Crippen molar-refractivity contribution in [1.29, 1.82) is 0 Å². The molecule has 0 radical (unpaired) electrons. The maximum Gasteiger partial charge on any atom is 0.0921 e. The fourth-order valence-corrected chi connectivity index (χ4v) is 1.67. The zero-order chi connectivity index (χ0) is 10.1. The van der Waals surface area contributed by atoms with Crippen LogP contribution in [0.25, 0.3) is 11.0 Å². The lowest BCUT2D eigenvalue weighted by atomic mass is 10.0. The predicted molar refractivity (Wildman–Crippen MR) is 58.4 cm³/mol. The van der Waals surface area contributed by atoms with E-state index in [2.05, 4.69) is 29.9 Å². The quantitative estimate of drug-likeness (QED) is 0.684. The molecule has 0 saturated heterocycles. The Kier molecular flexibility index (Phi) is 2.20. The van der Waals surface area contributed by atoms with Gasteiger partial charge < -0.3 is 0 Å². The van der Waals surface area contributed by atoms with Crippen LogP contribution >= 0.6 is 0 Å². The van der Waals surface area contributed by atoms with Crippen LogP contribution in [0.2, 0.25) is 0 Å². The summed E-state index contributed by atoms with van der Waals surface area (Å²) in [6.45, 7) is 6.39. The zero-order valence-corrected chi connectivity index (χ0v) is 8.78. The SMILES string of the molecule is Cc1cc(C(C)C)c2ncccc2n1. The molecule has 2 aromatic heterocycles. The van der Waals surface area contributed by atoms with Crippen LogP contribution in [0.4, 0.5) is 0 Å². The predicted octanol–water partition coefficient (Wildman–Crippen LogP) is 3.06. The minimum Gasteiger partial charge on any atom is -0.254 e. The van der Waals surface area contributed by atoms with Gasteiger partial charge in [-0.05, 0) is 36.6 Å². The Morgan fingerprint density at radius 2 is 2.07 bits per heavy atom. The summed E-state index contributed by atoms with van der Waals surface area (Å²) in [4.78, 5) is 8.84. The van der Waals surface area contributed by atoms with Crippen LogP contribution in [0.5, 0.6) is 0 Å². The first-order valence-electron chi connectivity index (χ1n) is 4.91. The Morgan fingerprint density at radius 3 is 2.79 bits per heavy atom. The van der Waals surface area contributed by atoms with E-state index in [4.69, 9.17) is 0 Å². The van der Waals surface area contributed by atoms with Crippen LogP contribution in [0.1, 0.15) is 31.0 Å². The van der Waals surface area contributed by atoms with E-state index >= 15 is 0 Å². The number of aromatic nitrogens is 2. The monoisotopic (exact) mass is 186 g/mol. The molecule has 14 heavy (non-hydrogen) atoms. The van der Waals surface area contributed by atoms with Crippen molar-refractivity contribution in [1.82, 2.24) is 9.97 Å². The summed E-state index contributed by atoms with van der Waals surface area (Å²) in [6.07, 6.45) is 1.82. The zero-order valence-electron chi connectivity index (χ0n) is 8.78. The largest absolute Gasteiger partial charge is 0.254 e. The van der Waals surface area contributed by atoms with Crippen molar-refractivity contribution >= 4 is 11.0 Å². The van der Waals surface area contributed by atoms with Crippen LogP contribution in [-0.2, 0) is 0 Å². The van der Waals surface area contributed by atoms with E-state index < -0.39 is 0 Å². The molecule has 0 unspecified atom stereocenters. The van der Waals surface area contributed by atoms with Gasteiger partial charge in [0.05, 0.1) is 11.0 Å². The molecule has 0 amide bonds. The molecule has 2 rings (SSSR count). The van der Waals surface area contributed by atoms with E-state index in [1.807, 2.05) is 25.3 Å². The molecular weight excluding hydrogens is 172 g/mol. The number of rotatable bonds is 1. The first kappa shape index (κ1) is 9.13.